The number of carbonyl (C=O) groups excluding carboxylic acids is 1. The number of fused-ring (bicyclic) bond motifs is 1. The van der Waals surface area contributed by atoms with Crippen molar-refractivity contribution in [1.29, 1.82) is 0 Å². The standard InChI is InChI=1S/C17H29NO/c1-5-15(12(2)3)18-16-8-6-7-13(4)11-14(16)9-10-17(18)19/h6,8,12-16H,5,7,9-11H2,1-4H3/t13-,14-,15?,16+/m1/s1. The van der Waals surface area contributed by atoms with Gasteiger partial charge in [-0.3, -0.25) is 4.79 Å². The summed E-state index contributed by atoms with van der Waals surface area (Å²) in [5.41, 5.74) is 0. The Labute approximate surface area is 118 Å². The Morgan fingerprint density at radius 2 is 2.16 bits per heavy atom. The van der Waals surface area contributed by atoms with Gasteiger partial charge in [0, 0.05) is 12.5 Å². The summed E-state index contributed by atoms with van der Waals surface area (Å²) in [6.07, 6.45) is 10.00. The van der Waals surface area contributed by atoms with Crippen molar-refractivity contribution in [2.75, 3.05) is 0 Å². The average molecular weight is 263 g/mol. The number of carbonyl (C=O) groups is 1. The molecule has 0 N–H and O–H groups in total. The fraction of sp³-hybridized carbons (Fsp3) is 0.824. The fourth-order valence-electron chi connectivity index (χ4n) is 3.97. The van der Waals surface area contributed by atoms with Crippen LogP contribution in [0.15, 0.2) is 12.2 Å². The van der Waals surface area contributed by atoms with E-state index in [0.717, 1.165) is 25.2 Å². The van der Waals surface area contributed by atoms with E-state index in [9.17, 15) is 4.79 Å². The molecule has 2 aliphatic rings. The van der Waals surface area contributed by atoms with Crippen LogP contribution in [0.4, 0.5) is 0 Å². The summed E-state index contributed by atoms with van der Waals surface area (Å²) in [5, 5.41) is 0. The third-order valence-corrected chi connectivity index (χ3v) is 4.94. The van der Waals surface area contributed by atoms with Gasteiger partial charge in [0.25, 0.3) is 0 Å². The normalized spacial score (nSPS) is 33.2. The molecule has 19 heavy (non-hydrogen) atoms. The van der Waals surface area contributed by atoms with E-state index in [1.54, 1.807) is 0 Å². The van der Waals surface area contributed by atoms with Crippen LogP contribution in [-0.4, -0.2) is 22.9 Å². The minimum atomic E-state index is 0.360. The summed E-state index contributed by atoms with van der Waals surface area (Å²) in [7, 11) is 0. The molecular weight excluding hydrogens is 234 g/mol. The Bertz CT molecular complexity index is 347. The average Bonchev–Trinajstić information content (AvgIpc) is 2.53. The molecule has 1 saturated heterocycles. The smallest absolute Gasteiger partial charge is 0.223 e. The van der Waals surface area contributed by atoms with Gasteiger partial charge in [0.05, 0.1) is 6.04 Å². The molecule has 108 valence electrons. The Balaban J connectivity index is 2.25. The van der Waals surface area contributed by atoms with Gasteiger partial charge in [-0.2, -0.15) is 0 Å². The third-order valence-electron chi connectivity index (χ3n) is 4.94. The number of amides is 1. The van der Waals surface area contributed by atoms with Crippen LogP contribution in [-0.2, 0) is 4.79 Å². The van der Waals surface area contributed by atoms with Crippen molar-refractivity contribution >= 4 is 5.91 Å². The van der Waals surface area contributed by atoms with E-state index in [1.807, 2.05) is 0 Å². The van der Waals surface area contributed by atoms with Crippen LogP contribution in [0.1, 0.15) is 59.8 Å². The van der Waals surface area contributed by atoms with Crippen molar-refractivity contribution in [2.45, 2.75) is 71.9 Å². The highest BCUT2D eigenvalue weighted by molar-refractivity contribution is 5.78. The Hall–Kier alpha value is -0.790. The molecule has 1 heterocycles. The first-order valence-corrected chi connectivity index (χ1v) is 8.02. The number of allylic oxidation sites excluding steroid dienone is 1. The molecule has 1 aliphatic heterocycles. The zero-order chi connectivity index (χ0) is 14.0. The lowest BCUT2D eigenvalue weighted by Gasteiger charge is -2.45. The van der Waals surface area contributed by atoms with Crippen LogP contribution in [0, 0.1) is 17.8 Å². The van der Waals surface area contributed by atoms with Crippen LogP contribution in [0.5, 0.6) is 0 Å². The Morgan fingerprint density at radius 1 is 1.42 bits per heavy atom. The molecule has 0 saturated carbocycles. The molecule has 1 amide bonds. The molecule has 1 aliphatic carbocycles. The number of hydrogen-bond acceptors (Lipinski definition) is 1. The maximum Gasteiger partial charge on any atom is 0.223 e. The monoisotopic (exact) mass is 263 g/mol. The van der Waals surface area contributed by atoms with Crippen LogP contribution >= 0.6 is 0 Å². The third kappa shape index (κ3) is 3.04. The minimum absolute atomic E-state index is 0.360. The predicted molar refractivity (Wildman–Crippen MR) is 79.8 cm³/mol. The Morgan fingerprint density at radius 3 is 2.79 bits per heavy atom. The molecule has 2 nitrogen and oxygen atoms in total. The number of likely N-dealkylation sites (tertiary alicyclic amines) is 1. The summed E-state index contributed by atoms with van der Waals surface area (Å²) in [6, 6.07) is 0.761. The van der Waals surface area contributed by atoms with Gasteiger partial charge in [0.2, 0.25) is 5.91 Å². The van der Waals surface area contributed by atoms with Crippen molar-refractivity contribution in [3.63, 3.8) is 0 Å². The van der Waals surface area contributed by atoms with E-state index < -0.39 is 0 Å². The van der Waals surface area contributed by atoms with E-state index in [4.69, 9.17) is 0 Å². The molecule has 0 radical (unpaired) electrons. The van der Waals surface area contributed by atoms with Gasteiger partial charge in [0.15, 0.2) is 0 Å². The van der Waals surface area contributed by atoms with Crippen molar-refractivity contribution in [3.05, 3.63) is 12.2 Å². The lowest BCUT2D eigenvalue weighted by Crippen LogP contribution is -2.54. The van der Waals surface area contributed by atoms with E-state index in [1.165, 1.54) is 12.8 Å². The first-order valence-electron chi connectivity index (χ1n) is 8.02. The second-order valence-corrected chi connectivity index (χ2v) is 6.81. The van der Waals surface area contributed by atoms with Gasteiger partial charge in [-0.15, -0.1) is 0 Å². The lowest BCUT2D eigenvalue weighted by molar-refractivity contribution is -0.142. The lowest BCUT2D eigenvalue weighted by atomic mass is 9.81. The van der Waals surface area contributed by atoms with Crippen molar-refractivity contribution in [2.24, 2.45) is 17.8 Å². The van der Waals surface area contributed by atoms with Crippen molar-refractivity contribution in [1.82, 2.24) is 4.90 Å². The highest BCUT2D eigenvalue weighted by Gasteiger charge is 2.39. The molecule has 1 fully saturated rings. The molecular formula is C17H29NO. The van der Waals surface area contributed by atoms with Gasteiger partial charge in [-0.1, -0.05) is 39.8 Å². The molecule has 0 spiro atoms. The van der Waals surface area contributed by atoms with Crippen LogP contribution in [0.3, 0.4) is 0 Å². The van der Waals surface area contributed by atoms with Crippen molar-refractivity contribution in [3.8, 4) is 0 Å². The first kappa shape index (κ1) is 14.6. The summed E-state index contributed by atoms with van der Waals surface area (Å²) >= 11 is 0. The summed E-state index contributed by atoms with van der Waals surface area (Å²) in [5.74, 6) is 2.36. The maximum atomic E-state index is 12.4. The highest BCUT2D eigenvalue weighted by atomic mass is 16.2. The van der Waals surface area contributed by atoms with Crippen LogP contribution in [0.2, 0.25) is 0 Å². The van der Waals surface area contributed by atoms with Gasteiger partial charge in [0.1, 0.15) is 0 Å². The molecule has 0 aromatic carbocycles. The van der Waals surface area contributed by atoms with Crippen LogP contribution in [0.25, 0.3) is 0 Å². The number of hydrogen-bond donors (Lipinski definition) is 0. The van der Waals surface area contributed by atoms with Gasteiger partial charge >= 0.3 is 0 Å². The summed E-state index contributed by atoms with van der Waals surface area (Å²) < 4.78 is 0. The summed E-state index contributed by atoms with van der Waals surface area (Å²) in [4.78, 5) is 14.7. The second-order valence-electron chi connectivity index (χ2n) is 6.81. The number of nitrogens with zero attached hydrogens (tertiary/aromatic N) is 1. The van der Waals surface area contributed by atoms with E-state index in [0.29, 0.717) is 29.8 Å². The zero-order valence-electron chi connectivity index (χ0n) is 12.9. The molecule has 2 rings (SSSR count). The predicted octanol–water partition coefficient (Wildman–Crippen LogP) is 4.01. The van der Waals surface area contributed by atoms with E-state index in [2.05, 4.69) is 44.7 Å². The van der Waals surface area contributed by atoms with Gasteiger partial charge in [-0.05, 0) is 43.4 Å². The van der Waals surface area contributed by atoms with Gasteiger partial charge in [-0.25, -0.2) is 0 Å². The molecule has 0 aromatic rings. The highest BCUT2D eigenvalue weighted by Crippen LogP contribution is 2.36. The van der Waals surface area contributed by atoms with E-state index in [-0.39, 0.29) is 0 Å². The quantitative estimate of drug-likeness (QED) is 0.704. The Kier molecular flexibility index (Phi) is 4.70. The summed E-state index contributed by atoms with van der Waals surface area (Å²) in [6.45, 7) is 9.04. The molecule has 1 unspecified atom stereocenters. The SMILES string of the molecule is CCC(C(C)C)N1C(=O)CC[C@@H]2C[C@H](C)CC=C[C@@H]21. The minimum Gasteiger partial charge on any atom is -0.333 e. The molecule has 0 bridgehead atoms. The second kappa shape index (κ2) is 6.11. The first-order chi connectivity index (χ1) is 9.04. The van der Waals surface area contributed by atoms with Gasteiger partial charge < -0.3 is 4.90 Å². The molecule has 0 aromatic heterocycles. The fourth-order valence-corrected chi connectivity index (χ4v) is 3.97. The largest absolute Gasteiger partial charge is 0.333 e. The van der Waals surface area contributed by atoms with Crippen LogP contribution < -0.4 is 0 Å². The van der Waals surface area contributed by atoms with E-state index >= 15 is 0 Å². The number of piperidine rings is 1. The zero-order valence-corrected chi connectivity index (χ0v) is 12.9. The van der Waals surface area contributed by atoms with Crippen molar-refractivity contribution < 1.29 is 4.79 Å². The number of rotatable bonds is 3. The maximum absolute atomic E-state index is 12.4. The molecule has 4 atom stereocenters. The topological polar surface area (TPSA) is 20.3 Å². The molecule has 2 heteroatoms.